The SMILES string of the molecule is CCCC1CCCCCCCCc2cnncc21. The van der Waals surface area contributed by atoms with Crippen molar-refractivity contribution in [1.82, 2.24) is 10.2 Å². The molecule has 0 saturated carbocycles. The van der Waals surface area contributed by atoms with Gasteiger partial charge in [-0.05, 0) is 42.7 Å². The molecule has 0 fully saturated rings. The van der Waals surface area contributed by atoms with Gasteiger partial charge >= 0.3 is 0 Å². The minimum absolute atomic E-state index is 0.721. The third kappa shape index (κ3) is 3.79. The Kier molecular flexibility index (Phi) is 5.63. The topological polar surface area (TPSA) is 25.8 Å². The summed E-state index contributed by atoms with van der Waals surface area (Å²) in [7, 11) is 0. The van der Waals surface area contributed by atoms with Crippen LogP contribution in [0.3, 0.4) is 0 Å². The first kappa shape index (κ1) is 13.5. The predicted octanol–water partition coefficient (Wildman–Crippen LogP) is 4.65. The van der Waals surface area contributed by atoms with Crippen molar-refractivity contribution in [2.75, 3.05) is 0 Å². The first-order valence-electron chi connectivity index (χ1n) is 7.71. The Labute approximate surface area is 111 Å². The third-order valence-corrected chi connectivity index (χ3v) is 4.17. The second-order valence-corrected chi connectivity index (χ2v) is 5.62. The maximum Gasteiger partial charge on any atom is 0.0533 e. The molecule has 0 spiro atoms. The van der Waals surface area contributed by atoms with Crippen molar-refractivity contribution < 1.29 is 0 Å². The van der Waals surface area contributed by atoms with Crippen LogP contribution in [0.15, 0.2) is 12.4 Å². The van der Waals surface area contributed by atoms with Gasteiger partial charge in [-0.2, -0.15) is 10.2 Å². The quantitative estimate of drug-likeness (QED) is 0.759. The number of fused-ring (bicyclic) bond motifs is 1. The zero-order chi connectivity index (χ0) is 12.6. The number of aryl methyl sites for hydroxylation is 1. The second-order valence-electron chi connectivity index (χ2n) is 5.62. The molecule has 2 rings (SSSR count). The maximum absolute atomic E-state index is 4.13. The summed E-state index contributed by atoms with van der Waals surface area (Å²) in [5.74, 6) is 0.721. The fourth-order valence-corrected chi connectivity index (χ4v) is 3.15. The van der Waals surface area contributed by atoms with Crippen LogP contribution in [0.5, 0.6) is 0 Å². The molecule has 0 radical (unpaired) electrons. The van der Waals surface area contributed by atoms with E-state index < -0.39 is 0 Å². The molecule has 1 heterocycles. The van der Waals surface area contributed by atoms with Gasteiger partial charge in [-0.3, -0.25) is 0 Å². The number of rotatable bonds is 2. The van der Waals surface area contributed by atoms with Gasteiger partial charge in [0, 0.05) is 0 Å². The standard InChI is InChI=1S/C16H26N2/c1-2-9-14-10-7-5-3-4-6-8-11-15-12-17-18-13-16(14)15/h12-14H,2-11H2,1H3. The molecule has 18 heavy (non-hydrogen) atoms. The van der Waals surface area contributed by atoms with Crippen molar-refractivity contribution in [3.63, 3.8) is 0 Å². The zero-order valence-electron chi connectivity index (χ0n) is 11.7. The molecule has 0 amide bonds. The number of hydrogen-bond donors (Lipinski definition) is 0. The van der Waals surface area contributed by atoms with Gasteiger partial charge in [0.25, 0.3) is 0 Å². The Morgan fingerprint density at radius 3 is 2.56 bits per heavy atom. The van der Waals surface area contributed by atoms with E-state index in [2.05, 4.69) is 17.1 Å². The van der Waals surface area contributed by atoms with E-state index in [0.717, 1.165) is 5.92 Å². The third-order valence-electron chi connectivity index (χ3n) is 4.17. The van der Waals surface area contributed by atoms with Gasteiger partial charge in [-0.25, -0.2) is 0 Å². The molecule has 2 heteroatoms. The van der Waals surface area contributed by atoms with Gasteiger partial charge in [0.1, 0.15) is 0 Å². The van der Waals surface area contributed by atoms with Crippen LogP contribution in [0.4, 0.5) is 0 Å². The van der Waals surface area contributed by atoms with Crippen LogP contribution in [0.2, 0.25) is 0 Å². The van der Waals surface area contributed by atoms with Gasteiger partial charge < -0.3 is 0 Å². The molecule has 2 nitrogen and oxygen atoms in total. The highest BCUT2D eigenvalue weighted by molar-refractivity contribution is 5.25. The molecule has 0 bridgehead atoms. The van der Waals surface area contributed by atoms with E-state index >= 15 is 0 Å². The molecule has 0 aliphatic heterocycles. The molecule has 1 aromatic rings. The Morgan fingerprint density at radius 1 is 1.00 bits per heavy atom. The normalized spacial score (nSPS) is 21.9. The minimum atomic E-state index is 0.721. The van der Waals surface area contributed by atoms with Gasteiger partial charge in [0.2, 0.25) is 0 Å². The highest BCUT2D eigenvalue weighted by Crippen LogP contribution is 2.30. The summed E-state index contributed by atoms with van der Waals surface area (Å²) in [6, 6.07) is 0. The molecule has 0 saturated heterocycles. The fraction of sp³-hybridized carbons (Fsp3) is 0.750. The molecule has 0 aromatic carbocycles. The fourth-order valence-electron chi connectivity index (χ4n) is 3.15. The summed E-state index contributed by atoms with van der Waals surface area (Å²) in [6.07, 6.45) is 17.5. The van der Waals surface area contributed by atoms with E-state index in [1.807, 2.05) is 12.4 Å². The lowest BCUT2D eigenvalue weighted by Gasteiger charge is -2.18. The van der Waals surface area contributed by atoms with E-state index in [1.165, 1.54) is 75.3 Å². The average Bonchev–Trinajstić information content (AvgIpc) is 2.44. The molecule has 0 N–H and O–H groups in total. The van der Waals surface area contributed by atoms with E-state index in [0.29, 0.717) is 0 Å². The molecular weight excluding hydrogens is 220 g/mol. The minimum Gasteiger partial charge on any atom is -0.159 e. The highest BCUT2D eigenvalue weighted by Gasteiger charge is 2.15. The van der Waals surface area contributed by atoms with Gasteiger partial charge in [0.05, 0.1) is 12.4 Å². The van der Waals surface area contributed by atoms with Crippen LogP contribution in [-0.4, -0.2) is 10.2 Å². The molecule has 100 valence electrons. The number of aromatic nitrogens is 2. The van der Waals surface area contributed by atoms with Crippen molar-refractivity contribution in [1.29, 1.82) is 0 Å². The average molecular weight is 246 g/mol. The summed E-state index contributed by atoms with van der Waals surface area (Å²) in [4.78, 5) is 0. The maximum atomic E-state index is 4.13. The van der Waals surface area contributed by atoms with Crippen LogP contribution in [0, 0.1) is 0 Å². The van der Waals surface area contributed by atoms with Crippen molar-refractivity contribution in [3.8, 4) is 0 Å². The summed E-state index contributed by atoms with van der Waals surface area (Å²) >= 11 is 0. The summed E-state index contributed by atoms with van der Waals surface area (Å²) in [5.41, 5.74) is 2.96. The van der Waals surface area contributed by atoms with E-state index in [4.69, 9.17) is 0 Å². The largest absolute Gasteiger partial charge is 0.159 e. The van der Waals surface area contributed by atoms with Crippen LogP contribution in [0.1, 0.15) is 81.8 Å². The lowest BCUT2D eigenvalue weighted by Crippen LogP contribution is -2.05. The smallest absolute Gasteiger partial charge is 0.0533 e. The Bertz CT molecular complexity index is 349. The monoisotopic (exact) mass is 246 g/mol. The van der Waals surface area contributed by atoms with Gasteiger partial charge in [-0.15, -0.1) is 0 Å². The molecule has 1 aliphatic rings. The van der Waals surface area contributed by atoms with Crippen molar-refractivity contribution >= 4 is 0 Å². The molecule has 1 unspecified atom stereocenters. The Hall–Kier alpha value is -0.920. The van der Waals surface area contributed by atoms with Crippen molar-refractivity contribution in [2.45, 2.75) is 77.0 Å². The summed E-state index contributed by atoms with van der Waals surface area (Å²) < 4.78 is 0. The van der Waals surface area contributed by atoms with E-state index in [9.17, 15) is 0 Å². The van der Waals surface area contributed by atoms with E-state index in [1.54, 1.807) is 0 Å². The van der Waals surface area contributed by atoms with Crippen LogP contribution < -0.4 is 0 Å². The first-order chi connectivity index (χ1) is 8.92. The predicted molar refractivity (Wildman–Crippen MR) is 75.7 cm³/mol. The lowest BCUT2D eigenvalue weighted by atomic mass is 9.87. The van der Waals surface area contributed by atoms with Crippen LogP contribution >= 0.6 is 0 Å². The van der Waals surface area contributed by atoms with Crippen LogP contribution in [-0.2, 0) is 6.42 Å². The van der Waals surface area contributed by atoms with Crippen molar-refractivity contribution in [3.05, 3.63) is 23.5 Å². The van der Waals surface area contributed by atoms with Crippen molar-refractivity contribution in [2.24, 2.45) is 0 Å². The lowest BCUT2D eigenvalue weighted by molar-refractivity contribution is 0.515. The first-order valence-corrected chi connectivity index (χ1v) is 7.71. The second kappa shape index (κ2) is 7.50. The van der Waals surface area contributed by atoms with Crippen LogP contribution in [0.25, 0.3) is 0 Å². The Morgan fingerprint density at radius 2 is 1.72 bits per heavy atom. The van der Waals surface area contributed by atoms with Gasteiger partial charge in [-0.1, -0.05) is 45.4 Å². The Balaban J connectivity index is 2.17. The summed E-state index contributed by atoms with van der Waals surface area (Å²) in [6.45, 7) is 2.29. The molecule has 1 atom stereocenters. The molecular formula is C16H26N2. The molecule has 1 aromatic heterocycles. The van der Waals surface area contributed by atoms with E-state index in [-0.39, 0.29) is 0 Å². The number of hydrogen-bond acceptors (Lipinski definition) is 2. The zero-order valence-corrected chi connectivity index (χ0v) is 11.7. The molecule has 1 aliphatic carbocycles. The van der Waals surface area contributed by atoms with Gasteiger partial charge in [0.15, 0.2) is 0 Å². The highest BCUT2D eigenvalue weighted by atomic mass is 15.1. The number of nitrogens with zero attached hydrogens (tertiary/aromatic N) is 2. The summed E-state index contributed by atoms with van der Waals surface area (Å²) in [5, 5.41) is 8.22.